The Morgan fingerprint density at radius 2 is 2.08 bits per heavy atom. The van der Waals surface area contributed by atoms with Crippen LogP contribution in [0.25, 0.3) is 10.8 Å². The Hall–Kier alpha value is -2.52. The molecule has 0 fully saturated rings. The van der Waals surface area contributed by atoms with Crippen molar-refractivity contribution >= 4 is 34.7 Å². The van der Waals surface area contributed by atoms with Crippen molar-refractivity contribution in [2.75, 3.05) is 18.5 Å². The largest absolute Gasteiger partial charge is 0.486 e. The summed E-state index contributed by atoms with van der Waals surface area (Å²) >= 11 is 2.73. The molecule has 7 nitrogen and oxygen atoms in total. The summed E-state index contributed by atoms with van der Waals surface area (Å²) in [7, 11) is 0. The van der Waals surface area contributed by atoms with E-state index in [4.69, 9.17) is 13.9 Å². The Kier molecular flexibility index (Phi) is 4.81. The van der Waals surface area contributed by atoms with Crippen LogP contribution in [0, 0.1) is 0 Å². The Morgan fingerprint density at radius 1 is 1.23 bits per heavy atom. The van der Waals surface area contributed by atoms with Gasteiger partial charge in [-0.3, -0.25) is 4.79 Å². The molecule has 134 valence electrons. The van der Waals surface area contributed by atoms with Gasteiger partial charge in [-0.1, -0.05) is 17.8 Å². The van der Waals surface area contributed by atoms with Gasteiger partial charge in [-0.15, -0.1) is 21.5 Å². The van der Waals surface area contributed by atoms with Crippen molar-refractivity contribution in [2.45, 2.75) is 17.4 Å². The van der Waals surface area contributed by atoms with Crippen molar-refractivity contribution in [2.24, 2.45) is 0 Å². The van der Waals surface area contributed by atoms with E-state index in [0.717, 1.165) is 4.88 Å². The molecule has 26 heavy (non-hydrogen) atoms. The monoisotopic (exact) mass is 389 g/mol. The summed E-state index contributed by atoms with van der Waals surface area (Å²) in [5, 5.41) is 12.8. The summed E-state index contributed by atoms with van der Waals surface area (Å²) < 4.78 is 16.6. The zero-order valence-corrected chi connectivity index (χ0v) is 15.4. The lowest BCUT2D eigenvalue weighted by Crippen LogP contribution is -2.22. The molecule has 3 heterocycles. The van der Waals surface area contributed by atoms with E-state index >= 15 is 0 Å². The highest BCUT2D eigenvalue weighted by molar-refractivity contribution is 8.00. The Balaban J connectivity index is 1.39. The molecule has 0 radical (unpaired) electrons. The number of nitrogens with zero attached hydrogens (tertiary/aromatic N) is 2. The van der Waals surface area contributed by atoms with Gasteiger partial charge in [-0.2, -0.15) is 0 Å². The fourth-order valence-corrected chi connectivity index (χ4v) is 3.65. The van der Waals surface area contributed by atoms with Crippen molar-refractivity contribution < 1.29 is 18.7 Å². The molecule has 9 heteroatoms. The van der Waals surface area contributed by atoms with Gasteiger partial charge in [-0.25, -0.2) is 0 Å². The van der Waals surface area contributed by atoms with Gasteiger partial charge in [0.15, 0.2) is 11.5 Å². The van der Waals surface area contributed by atoms with Gasteiger partial charge in [0.2, 0.25) is 5.91 Å². The maximum absolute atomic E-state index is 12.4. The fourth-order valence-electron chi connectivity index (χ4n) is 2.33. The van der Waals surface area contributed by atoms with E-state index in [0.29, 0.717) is 41.5 Å². The van der Waals surface area contributed by atoms with Gasteiger partial charge in [0.05, 0.1) is 10.1 Å². The number of anilines is 1. The number of benzene rings is 1. The number of rotatable bonds is 5. The molecule has 0 aliphatic carbocycles. The SMILES string of the molecule is CC(Sc1nnc(-c2cccs2)o1)C(=O)Nc1ccc2c(c1)OCCO2. The zero-order chi connectivity index (χ0) is 17.9. The molecule has 2 aromatic heterocycles. The normalized spacial score (nSPS) is 14.0. The number of carbonyl (C=O) groups is 1. The summed E-state index contributed by atoms with van der Waals surface area (Å²) in [6.07, 6.45) is 0. The van der Waals surface area contributed by atoms with Crippen LogP contribution in [-0.4, -0.2) is 34.6 Å². The average molecular weight is 389 g/mol. The number of hydrogen-bond donors (Lipinski definition) is 1. The first kappa shape index (κ1) is 16.9. The highest BCUT2D eigenvalue weighted by Gasteiger charge is 2.20. The van der Waals surface area contributed by atoms with E-state index in [1.807, 2.05) is 17.5 Å². The lowest BCUT2D eigenvalue weighted by molar-refractivity contribution is -0.115. The molecular weight excluding hydrogens is 374 g/mol. The van der Waals surface area contributed by atoms with Crippen molar-refractivity contribution in [3.8, 4) is 22.3 Å². The van der Waals surface area contributed by atoms with Crippen molar-refractivity contribution in [3.05, 3.63) is 35.7 Å². The average Bonchev–Trinajstić information content (AvgIpc) is 3.33. The van der Waals surface area contributed by atoms with Gasteiger partial charge >= 0.3 is 0 Å². The van der Waals surface area contributed by atoms with E-state index in [1.165, 1.54) is 23.1 Å². The van der Waals surface area contributed by atoms with Crippen LogP contribution in [0.3, 0.4) is 0 Å². The van der Waals surface area contributed by atoms with Gasteiger partial charge < -0.3 is 19.2 Å². The molecule has 0 bridgehead atoms. The van der Waals surface area contributed by atoms with Gasteiger partial charge in [0.1, 0.15) is 13.2 Å². The number of amides is 1. The second-order valence-electron chi connectivity index (χ2n) is 5.46. The van der Waals surface area contributed by atoms with Crippen molar-refractivity contribution in [1.29, 1.82) is 0 Å². The van der Waals surface area contributed by atoms with Crippen molar-refractivity contribution in [3.63, 3.8) is 0 Å². The molecule has 0 spiro atoms. The molecule has 1 N–H and O–H groups in total. The summed E-state index contributed by atoms with van der Waals surface area (Å²) in [5.74, 6) is 1.61. The maximum atomic E-state index is 12.4. The fraction of sp³-hybridized carbons (Fsp3) is 0.235. The van der Waals surface area contributed by atoms with Crippen LogP contribution in [-0.2, 0) is 4.79 Å². The highest BCUT2D eigenvalue weighted by atomic mass is 32.2. The summed E-state index contributed by atoms with van der Waals surface area (Å²) in [4.78, 5) is 13.3. The molecule has 1 aromatic carbocycles. The summed E-state index contributed by atoms with van der Waals surface area (Å²) in [5.41, 5.74) is 0.650. The predicted molar refractivity (Wildman–Crippen MR) is 99.0 cm³/mol. The van der Waals surface area contributed by atoms with E-state index in [-0.39, 0.29) is 5.91 Å². The molecule has 0 saturated heterocycles. The number of ether oxygens (including phenoxy) is 2. The number of aromatic nitrogens is 2. The van der Waals surface area contributed by atoms with Gasteiger partial charge in [0.25, 0.3) is 11.1 Å². The molecule has 1 aliphatic rings. The topological polar surface area (TPSA) is 86.5 Å². The van der Waals surface area contributed by atoms with E-state index in [9.17, 15) is 4.79 Å². The molecular formula is C17H15N3O4S2. The minimum atomic E-state index is -0.403. The number of fused-ring (bicyclic) bond motifs is 1. The third-order valence-electron chi connectivity index (χ3n) is 3.59. The highest BCUT2D eigenvalue weighted by Crippen LogP contribution is 2.33. The first-order chi connectivity index (χ1) is 12.7. The number of carbonyl (C=O) groups excluding carboxylic acids is 1. The third kappa shape index (κ3) is 3.68. The van der Waals surface area contributed by atoms with Crippen LogP contribution >= 0.6 is 23.1 Å². The molecule has 1 aliphatic heterocycles. The second-order valence-corrected chi connectivity index (χ2v) is 7.70. The molecule has 3 aromatic rings. The van der Waals surface area contributed by atoms with Gasteiger partial charge in [0, 0.05) is 11.8 Å². The van der Waals surface area contributed by atoms with Gasteiger partial charge in [-0.05, 0) is 30.5 Å². The molecule has 1 atom stereocenters. The lowest BCUT2D eigenvalue weighted by Gasteiger charge is -2.19. The minimum absolute atomic E-state index is 0.164. The van der Waals surface area contributed by atoms with E-state index in [2.05, 4.69) is 15.5 Å². The van der Waals surface area contributed by atoms with Crippen LogP contribution in [0.15, 0.2) is 45.4 Å². The molecule has 0 saturated carbocycles. The van der Waals surface area contributed by atoms with Crippen LogP contribution in [0.4, 0.5) is 5.69 Å². The quantitative estimate of drug-likeness (QED) is 0.666. The lowest BCUT2D eigenvalue weighted by atomic mass is 10.2. The number of hydrogen-bond acceptors (Lipinski definition) is 8. The Labute approximate surface area is 157 Å². The maximum Gasteiger partial charge on any atom is 0.277 e. The first-order valence-electron chi connectivity index (χ1n) is 7.93. The Bertz CT molecular complexity index is 911. The number of thioether (sulfide) groups is 1. The molecule has 1 unspecified atom stereocenters. The third-order valence-corrected chi connectivity index (χ3v) is 5.39. The zero-order valence-electron chi connectivity index (χ0n) is 13.8. The molecule has 1 amide bonds. The van der Waals surface area contributed by atoms with Crippen LogP contribution < -0.4 is 14.8 Å². The van der Waals surface area contributed by atoms with Crippen molar-refractivity contribution in [1.82, 2.24) is 10.2 Å². The van der Waals surface area contributed by atoms with Crippen LogP contribution in [0.2, 0.25) is 0 Å². The van der Waals surface area contributed by atoms with E-state index < -0.39 is 5.25 Å². The minimum Gasteiger partial charge on any atom is -0.486 e. The molecule has 4 rings (SSSR count). The summed E-state index contributed by atoms with van der Waals surface area (Å²) in [6.45, 7) is 2.82. The number of nitrogens with one attached hydrogen (secondary N) is 1. The van der Waals surface area contributed by atoms with Crippen LogP contribution in [0.5, 0.6) is 11.5 Å². The number of thiophene rings is 1. The predicted octanol–water partition coefficient (Wildman–Crippen LogP) is 3.69. The van der Waals surface area contributed by atoms with Crippen LogP contribution in [0.1, 0.15) is 6.92 Å². The first-order valence-corrected chi connectivity index (χ1v) is 9.69. The second kappa shape index (κ2) is 7.38. The summed E-state index contributed by atoms with van der Waals surface area (Å²) in [6, 6.07) is 9.15. The smallest absolute Gasteiger partial charge is 0.277 e. The standard InChI is InChI=1S/C17H15N3O4S2/c1-10(26-17-20-19-16(24-17)14-3-2-8-25-14)15(21)18-11-4-5-12-13(9-11)23-7-6-22-12/h2-5,8-10H,6-7H2,1H3,(H,18,21). The van der Waals surface area contributed by atoms with E-state index in [1.54, 1.807) is 25.1 Å². The Morgan fingerprint density at radius 3 is 2.88 bits per heavy atom.